The number of hydrogen-bond acceptors (Lipinski definition) is 5. The van der Waals surface area contributed by atoms with Crippen molar-refractivity contribution in [1.82, 2.24) is 10.3 Å². The van der Waals surface area contributed by atoms with Gasteiger partial charge in [0.05, 0.1) is 11.5 Å². The maximum atomic E-state index is 11.6. The van der Waals surface area contributed by atoms with E-state index >= 15 is 0 Å². The smallest absolute Gasteiger partial charge is 0.152 e. The van der Waals surface area contributed by atoms with Gasteiger partial charge < -0.3 is 10.2 Å². The van der Waals surface area contributed by atoms with Gasteiger partial charge in [-0.3, -0.25) is 0 Å². The van der Waals surface area contributed by atoms with Crippen molar-refractivity contribution in [2.24, 2.45) is 0 Å². The summed E-state index contributed by atoms with van der Waals surface area (Å²) in [5.41, 5.74) is 2.18. The molecule has 1 aromatic heterocycles. The molecule has 0 radical (unpaired) electrons. The number of aromatic nitrogens is 1. The molecule has 20 heavy (non-hydrogen) atoms. The normalized spacial score (nSPS) is 21.1. The Kier molecular flexibility index (Phi) is 4.65. The van der Waals surface area contributed by atoms with Gasteiger partial charge in [0.1, 0.15) is 5.82 Å². The molecule has 0 spiro atoms. The van der Waals surface area contributed by atoms with Crippen molar-refractivity contribution in [3.63, 3.8) is 0 Å². The van der Waals surface area contributed by atoms with Crippen LogP contribution < -0.4 is 10.2 Å². The monoisotopic (exact) mass is 297 g/mol. The molecule has 2 rings (SSSR count). The molecule has 0 saturated carbocycles. The highest BCUT2D eigenvalue weighted by Gasteiger charge is 2.31. The Hall–Kier alpha value is -1.14. The van der Waals surface area contributed by atoms with Crippen LogP contribution in [0.15, 0.2) is 12.1 Å². The molecular formula is C14H23N3O2S. The van der Waals surface area contributed by atoms with Gasteiger partial charge in [0.25, 0.3) is 0 Å². The average Bonchev–Trinajstić information content (AvgIpc) is 2.77. The van der Waals surface area contributed by atoms with E-state index in [1.807, 2.05) is 24.9 Å². The Morgan fingerprint density at radius 1 is 1.45 bits per heavy atom. The van der Waals surface area contributed by atoms with Crippen LogP contribution in [0.3, 0.4) is 0 Å². The van der Waals surface area contributed by atoms with Crippen LogP contribution in [-0.4, -0.2) is 44.5 Å². The third-order valence-corrected chi connectivity index (χ3v) is 5.61. The highest BCUT2D eigenvalue weighted by atomic mass is 32.2. The van der Waals surface area contributed by atoms with Crippen LogP contribution >= 0.6 is 0 Å². The highest BCUT2D eigenvalue weighted by molar-refractivity contribution is 7.91. The lowest BCUT2D eigenvalue weighted by atomic mass is 10.2. The maximum absolute atomic E-state index is 11.6. The largest absolute Gasteiger partial charge is 0.356 e. The summed E-state index contributed by atoms with van der Waals surface area (Å²) in [6.07, 6.45) is 0.693. The van der Waals surface area contributed by atoms with Crippen molar-refractivity contribution in [3.8, 4) is 0 Å². The first-order valence-corrected chi connectivity index (χ1v) is 8.85. The summed E-state index contributed by atoms with van der Waals surface area (Å²) in [5.74, 6) is 1.38. The SMILES string of the molecule is CCNCc1ccc(N(C)C2CCS(=O)(=O)C2)nc1C. The summed E-state index contributed by atoms with van der Waals surface area (Å²) >= 11 is 0. The molecule has 1 N–H and O–H groups in total. The van der Waals surface area contributed by atoms with E-state index in [0.717, 1.165) is 24.6 Å². The van der Waals surface area contributed by atoms with Crippen molar-refractivity contribution in [2.45, 2.75) is 32.9 Å². The molecule has 6 heteroatoms. The summed E-state index contributed by atoms with van der Waals surface area (Å²) in [5, 5.41) is 3.29. The molecule has 0 bridgehead atoms. The van der Waals surface area contributed by atoms with Crippen LogP contribution in [0.2, 0.25) is 0 Å². The molecule has 1 unspecified atom stereocenters. The molecule has 1 aliphatic rings. The topological polar surface area (TPSA) is 62.3 Å². The molecule has 2 heterocycles. The zero-order chi connectivity index (χ0) is 14.8. The van der Waals surface area contributed by atoms with Crippen molar-refractivity contribution < 1.29 is 8.42 Å². The summed E-state index contributed by atoms with van der Waals surface area (Å²) in [6.45, 7) is 5.82. The molecule has 112 valence electrons. The second-order valence-corrected chi connectivity index (χ2v) is 7.59. The molecule has 1 aromatic rings. The fraction of sp³-hybridized carbons (Fsp3) is 0.643. The molecule has 0 aliphatic carbocycles. The van der Waals surface area contributed by atoms with Gasteiger partial charge in [0.15, 0.2) is 9.84 Å². The van der Waals surface area contributed by atoms with Gasteiger partial charge in [0, 0.05) is 25.3 Å². The van der Waals surface area contributed by atoms with Crippen LogP contribution in [0.4, 0.5) is 5.82 Å². The molecule has 0 aromatic carbocycles. The molecule has 0 amide bonds. The Bertz CT molecular complexity index is 572. The maximum Gasteiger partial charge on any atom is 0.152 e. The summed E-state index contributed by atoms with van der Waals surface area (Å²) < 4.78 is 23.1. The lowest BCUT2D eigenvalue weighted by Crippen LogP contribution is -2.33. The number of sulfone groups is 1. The summed E-state index contributed by atoms with van der Waals surface area (Å²) in [4.78, 5) is 6.60. The fourth-order valence-electron chi connectivity index (χ4n) is 2.49. The van der Waals surface area contributed by atoms with Crippen LogP contribution in [0.25, 0.3) is 0 Å². The second-order valence-electron chi connectivity index (χ2n) is 5.36. The van der Waals surface area contributed by atoms with E-state index in [0.29, 0.717) is 12.2 Å². The number of pyridine rings is 1. The van der Waals surface area contributed by atoms with E-state index in [-0.39, 0.29) is 11.8 Å². The lowest BCUT2D eigenvalue weighted by molar-refractivity contribution is 0.600. The number of rotatable bonds is 5. The molecule has 5 nitrogen and oxygen atoms in total. The standard InChI is InChI=1S/C14H23N3O2S/c1-4-15-9-12-5-6-14(16-11(12)2)17(3)13-7-8-20(18,19)10-13/h5-6,13,15H,4,7-10H2,1-3H3. The van der Waals surface area contributed by atoms with Crippen molar-refractivity contribution in [3.05, 3.63) is 23.4 Å². The molecule has 1 atom stereocenters. The van der Waals surface area contributed by atoms with Crippen LogP contribution in [-0.2, 0) is 16.4 Å². The van der Waals surface area contributed by atoms with E-state index in [1.165, 1.54) is 5.56 Å². The minimum Gasteiger partial charge on any atom is -0.356 e. The molecule has 1 saturated heterocycles. The van der Waals surface area contributed by atoms with Gasteiger partial charge in [-0.05, 0) is 31.5 Å². The Morgan fingerprint density at radius 2 is 2.20 bits per heavy atom. The first kappa shape index (κ1) is 15.3. The Balaban J connectivity index is 2.11. The van der Waals surface area contributed by atoms with E-state index in [1.54, 1.807) is 0 Å². The van der Waals surface area contributed by atoms with Crippen molar-refractivity contribution in [1.29, 1.82) is 0 Å². The highest BCUT2D eigenvalue weighted by Crippen LogP contribution is 2.22. The van der Waals surface area contributed by atoms with E-state index in [4.69, 9.17) is 0 Å². The summed E-state index contributed by atoms with van der Waals surface area (Å²) in [7, 11) is -0.930. The van der Waals surface area contributed by atoms with Crippen LogP contribution in [0.5, 0.6) is 0 Å². The number of nitrogens with one attached hydrogen (secondary N) is 1. The molecular weight excluding hydrogens is 274 g/mol. The van der Waals surface area contributed by atoms with Gasteiger partial charge in [-0.25, -0.2) is 13.4 Å². The van der Waals surface area contributed by atoms with Gasteiger partial charge in [-0.2, -0.15) is 0 Å². The van der Waals surface area contributed by atoms with E-state index in [2.05, 4.69) is 23.3 Å². The average molecular weight is 297 g/mol. The second kappa shape index (κ2) is 6.10. The Labute approximate surface area is 121 Å². The predicted molar refractivity (Wildman–Crippen MR) is 81.8 cm³/mol. The minimum absolute atomic E-state index is 0.0477. The molecule has 1 fully saturated rings. The zero-order valence-corrected chi connectivity index (χ0v) is 13.2. The first-order valence-electron chi connectivity index (χ1n) is 7.03. The Morgan fingerprint density at radius 3 is 2.75 bits per heavy atom. The van der Waals surface area contributed by atoms with Crippen LogP contribution in [0, 0.1) is 6.92 Å². The van der Waals surface area contributed by atoms with Gasteiger partial charge in [-0.15, -0.1) is 0 Å². The van der Waals surface area contributed by atoms with E-state index in [9.17, 15) is 8.42 Å². The third kappa shape index (κ3) is 3.49. The first-order chi connectivity index (χ1) is 9.43. The number of aryl methyl sites for hydroxylation is 1. The minimum atomic E-state index is -2.86. The van der Waals surface area contributed by atoms with Gasteiger partial charge >= 0.3 is 0 Å². The van der Waals surface area contributed by atoms with Gasteiger partial charge in [0.2, 0.25) is 0 Å². The molecule has 1 aliphatic heterocycles. The van der Waals surface area contributed by atoms with Crippen LogP contribution in [0.1, 0.15) is 24.6 Å². The summed E-state index contributed by atoms with van der Waals surface area (Å²) in [6, 6.07) is 4.09. The predicted octanol–water partition coefficient (Wildman–Crippen LogP) is 1.12. The zero-order valence-electron chi connectivity index (χ0n) is 12.4. The number of anilines is 1. The third-order valence-electron chi connectivity index (χ3n) is 3.86. The number of nitrogens with zero attached hydrogens (tertiary/aromatic N) is 2. The van der Waals surface area contributed by atoms with Crippen molar-refractivity contribution in [2.75, 3.05) is 30.0 Å². The quantitative estimate of drug-likeness (QED) is 0.882. The van der Waals surface area contributed by atoms with Gasteiger partial charge in [-0.1, -0.05) is 13.0 Å². The lowest BCUT2D eigenvalue weighted by Gasteiger charge is -2.25. The fourth-order valence-corrected chi connectivity index (χ4v) is 4.26. The van der Waals surface area contributed by atoms with E-state index < -0.39 is 9.84 Å². The van der Waals surface area contributed by atoms with Crippen molar-refractivity contribution >= 4 is 15.7 Å². The number of hydrogen-bond donors (Lipinski definition) is 1.